The van der Waals surface area contributed by atoms with Crippen molar-refractivity contribution in [2.75, 3.05) is 6.61 Å². The molecule has 28 heavy (non-hydrogen) atoms. The summed E-state index contributed by atoms with van der Waals surface area (Å²) in [6.45, 7) is 8.41. The molecule has 2 rings (SSSR count). The van der Waals surface area contributed by atoms with Crippen LogP contribution in [0.2, 0.25) is 0 Å². The molecule has 2 aromatic rings. The lowest BCUT2D eigenvalue weighted by atomic mass is 10.1. The van der Waals surface area contributed by atoms with Crippen LogP contribution < -0.4 is 9.47 Å². The average Bonchev–Trinajstić information content (AvgIpc) is 2.66. The maximum atomic E-state index is 12.5. The largest absolute Gasteiger partial charge is 0.487 e. The van der Waals surface area contributed by atoms with Crippen molar-refractivity contribution in [3.8, 4) is 11.5 Å². The highest BCUT2D eigenvalue weighted by molar-refractivity contribution is 5.96. The second-order valence-corrected chi connectivity index (χ2v) is 7.26. The molecule has 0 saturated heterocycles. The van der Waals surface area contributed by atoms with E-state index in [4.69, 9.17) is 14.2 Å². The van der Waals surface area contributed by atoms with E-state index in [0.29, 0.717) is 29.6 Å². The summed E-state index contributed by atoms with van der Waals surface area (Å²) in [4.78, 5) is 24.7. The van der Waals surface area contributed by atoms with Gasteiger partial charge in [-0.15, -0.1) is 0 Å². The van der Waals surface area contributed by atoms with Crippen LogP contribution in [0.3, 0.4) is 0 Å². The number of rotatable bonds is 9. The molecule has 0 fully saturated rings. The molecule has 0 atom stereocenters. The first-order valence-corrected chi connectivity index (χ1v) is 9.62. The second-order valence-electron chi connectivity index (χ2n) is 7.26. The van der Waals surface area contributed by atoms with E-state index in [1.807, 2.05) is 19.9 Å². The molecule has 0 N–H and O–H groups in total. The first kappa shape index (κ1) is 21.5. The Hall–Kier alpha value is -2.82. The minimum atomic E-state index is -0.561. The molecular formula is C23H28O5. The molecule has 0 spiro atoms. The molecule has 0 aliphatic heterocycles. The molecule has 0 saturated carbocycles. The van der Waals surface area contributed by atoms with Crippen molar-refractivity contribution in [2.45, 2.75) is 46.6 Å². The molecule has 5 heteroatoms. The lowest BCUT2D eigenvalue weighted by Crippen LogP contribution is -2.13. The Labute approximate surface area is 166 Å². The van der Waals surface area contributed by atoms with E-state index in [-0.39, 0.29) is 11.7 Å². The number of hydrogen-bond donors (Lipinski definition) is 0. The van der Waals surface area contributed by atoms with Gasteiger partial charge in [0.25, 0.3) is 0 Å². The Morgan fingerprint density at radius 1 is 0.857 bits per heavy atom. The monoisotopic (exact) mass is 384 g/mol. The lowest BCUT2D eigenvalue weighted by Gasteiger charge is -2.14. The summed E-state index contributed by atoms with van der Waals surface area (Å²) in [5, 5.41) is 0. The van der Waals surface area contributed by atoms with Gasteiger partial charge in [-0.2, -0.15) is 0 Å². The van der Waals surface area contributed by atoms with Crippen molar-refractivity contribution in [3.63, 3.8) is 0 Å². The minimum absolute atomic E-state index is 0.0476. The van der Waals surface area contributed by atoms with Crippen molar-refractivity contribution in [1.82, 2.24) is 0 Å². The highest BCUT2D eigenvalue weighted by Gasteiger charge is 2.16. The summed E-state index contributed by atoms with van der Waals surface area (Å²) in [6.07, 6.45) is 1.77. The van der Waals surface area contributed by atoms with Crippen LogP contribution in [0.25, 0.3) is 0 Å². The lowest BCUT2D eigenvalue weighted by molar-refractivity contribution is 0.0494. The van der Waals surface area contributed by atoms with Gasteiger partial charge in [0.1, 0.15) is 0 Å². The minimum Gasteiger partial charge on any atom is -0.487 e. The average molecular weight is 384 g/mol. The zero-order valence-corrected chi connectivity index (χ0v) is 16.9. The van der Waals surface area contributed by atoms with Gasteiger partial charge in [-0.1, -0.05) is 32.0 Å². The molecule has 0 aliphatic rings. The SMILES string of the molecule is CC(C)CCCOC(=O)c1cccc(C(=O)Oc2ccccc2OC(C)C)c1. The summed E-state index contributed by atoms with van der Waals surface area (Å²) in [5.41, 5.74) is 0.599. The smallest absolute Gasteiger partial charge is 0.343 e. The number of esters is 2. The van der Waals surface area contributed by atoms with Crippen LogP contribution in [0.5, 0.6) is 11.5 Å². The number of hydrogen-bond acceptors (Lipinski definition) is 5. The summed E-state index contributed by atoms with van der Waals surface area (Å²) >= 11 is 0. The summed E-state index contributed by atoms with van der Waals surface area (Å²) in [5.74, 6) is 0.394. The van der Waals surface area contributed by atoms with Gasteiger partial charge in [0, 0.05) is 0 Å². The third-order valence-corrected chi connectivity index (χ3v) is 3.91. The van der Waals surface area contributed by atoms with Gasteiger partial charge in [0.2, 0.25) is 0 Å². The van der Waals surface area contributed by atoms with Crippen molar-refractivity contribution in [2.24, 2.45) is 5.92 Å². The first-order valence-electron chi connectivity index (χ1n) is 9.62. The van der Waals surface area contributed by atoms with Crippen LogP contribution in [0.4, 0.5) is 0 Å². The molecule has 5 nitrogen and oxygen atoms in total. The Morgan fingerprint density at radius 3 is 2.14 bits per heavy atom. The van der Waals surface area contributed by atoms with E-state index in [9.17, 15) is 9.59 Å². The Kier molecular flexibility index (Phi) is 8.05. The van der Waals surface area contributed by atoms with Crippen LogP contribution in [0.1, 0.15) is 61.3 Å². The van der Waals surface area contributed by atoms with Crippen molar-refractivity contribution in [3.05, 3.63) is 59.7 Å². The second kappa shape index (κ2) is 10.5. The number of carbonyl (C=O) groups excluding carboxylic acids is 2. The quantitative estimate of drug-likeness (QED) is 0.334. The van der Waals surface area contributed by atoms with Crippen molar-refractivity contribution >= 4 is 11.9 Å². The van der Waals surface area contributed by atoms with E-state index in [1.165, 1.54) is 6.07 Å². The maximum absolute atomic E-state index is 12.5. The highest BCUT2D eigenvalue weighted by atomic mass is 16.6. The molecule has 0 radical (unpaired) electrons. The van der Waals surface area contributed by atoms with Gasteiger partial charge in [-0.25, -0.2) is 9.59 Å². The fourth-order valence-corrected chi connectivity index (χ4v) is 2.56. The van der Waals surface area contributed by atoms with E-state index in [2.05, 4.69) is 13.8 Å². The van der Waals surface area contributed by atoms with E-state index in [0.717, 1.165) is 12.8 Å². The predicted octanol–water partition coefficient (Wildman–Crippen LogP) is 5.29. The maximum Gasteiger partial charge on any atom is 0.343 e. The van der Waals surface area contributed by atoms with Crippen LogP contribution in [0.15, 0.2) is 48.5 Å². The van der Waals surface area contributed by atoms with E-state index in [1.54, 1.807) is 36.4 Å². The third-order valence-electron chi connectivity index (χ3n) is 3.91. The van der Waals surface area contributed by atoms with Gasteiger partial charge < -0.3 is 14.2 Å². The highest BCUT2D eigenvalue weighted by Crippen LogP contribution is 2.28. The fraction of sp³-hybridized carbons (Fsp3) is 0.391. The van der Waals surface area contributed by atoms with Gasteiger partial charge >= 0.3 is 11.9 Å². The van der Waals surface area contributed by atoms with Gasteiger partial charge in [0.05, 0.1) is 23.8 Å². The van der Waals surface area contributed by atoms with Gasteiger partial charge in [-0.3, -0.25) is 0 Å². The van der Waals surface area contributed by atoms with E-state index >= 15 is 0 Å². The molecule has 0 unspecified atom stereocenters. The Bertz CT molecular complexity index is 795. The molecule has 0 amide bonds. The standard InChI is InChI=1S/C23H28O5/c1-16(2)9-8-14-26-22(24)18-10-7-11-19(15-18)23(25)28-21-13-6-5-12-20(21)27-17(3)4/h5-7,10-13,15-17H,8-9,14H2,1-4H3. The Balaban J connectivity index is 2.03. The van der Waals surface area contributed by atoms with Crippen LogP contribution in [0, 0.1) is 5.92 Å². The van der Waals surface area contributed by atoms with Gasteiger partial charge in [-0.05, 0) is 62.9 Å². The molecule has 0 heterocycles. The Morgan fingerprint density at radius 2 is 1.50 bits per heavy atom. The normalized spacial score (nSPS) is 10.8. The van der Waals surface area contributed by atoms with Crippen LogP contribution in [-0.2, 0) is 4.74 Å². The third kappa shape index (κ3) is 6.72. The van der Waals surface area contributed by atoms with Gasteiger partial charge in [0.15, 0.2) is 11.5 Å². The topological polar surface area (TPSA) is 61.8 Å². The summed E-state index contributed by atoms with van der Waals surface area (Å²) < 4.78 is 16.4. The molecule has 0 bridgehead atoms. The molecular weight excluding hydrogens is 356 g/mol. The van der Waals surface area contributed by atoms with Crippen LogP contribution in [-0.4, -0.2) is 24.6 Å². The number of ether oxygens (including phenoxy) is 3. The van der Waals surface area contributed by atoms with Crippen molar-refractivity contribution in [1.29, 1.82) is 0 Å². The summed E-state index contributed by atoms with van der Waals surface area (Å²) in [7, 11) is 0. The van der Waals surface area contributed by atoms with Crippen LogP contribution >= 0.6 is 0 Å². The zero-order valence-electron chi connectivity index (χ0n) is 16.9. The molecule has 2 aromatic carbocycles. The molecule has 0 aliphatic carbocycles. The number of para-hydroxylation sites is 2. The van der Waals surface area contributed by atoms with Crippen molar-refractivity contribution < 1.29 is 23.8 Å². The van der Waals surface area contributed by atoms with E-state index < -0.39 is 11.9 Å². The molecule has 150 valence electrons. The fourth-order valence-electron chi connectivity index (χ4n) is 2.56. The molecule has 0 aromatic heterocycles. The number of carbonyl (C=O) groups is 2. The first-order chi connectivity index (χ1) is 13.4. The summed E-state index contributed by atoms with van der Waals surface area (Å²) in [6, 6.07) is 13.3. The predicted molar refractivity (Wildman–Crippen MR) is 108 cm³/mol. The number of benzene rings is 2. The zero-order chi connectivity index (χ0) is 20.5.